The maximum absolute atomic E-state index is 8.86. The van der Waals surface area contributed by atoms with Crippen molar-refractivity contribution in [3.05, 3.63) is 0 Å². The van der Waals surface area contributed by atoms with Crippen LogP contribution in [0.2, 0.25) is 0 Å². The van der Waals surface area contributed by atoms with Crippen LogP contribution in [0.1, 0.15) is 6.92 Å². The Morgan fingerprint density at radius 1 is 0.833 bits per heavy atom. The van der Waals surface area contributed by atoms with Crippen molar-refractivity contribution in [2.24, 2.45) is 0 Å². The summed E-state index contributed by atoms with van der Waals surface area (Å²) in [6.07, 6.45) is 3.47. The van der Waals surface area contributed by atoms with Crippen LogP contribution in [0, 0.1) is 0 Å². The third-order valence-electron chi connectivity index (χ3n) is 2.68. The van der Waals surface area contributed by atoms with E-state index < -0.39 is 7.26 Å². The average Bonchev–Trinajstić information content (AvgIpc) is 2.06. The van der Waals surface area contributed by atoms with E-state index in [-0.39, 0.29) is 19.8 Å². The van der Waals surface area contributed by atoms with Crippen LogP contribution < -0.4 is 0 Å². The van der Waals surface area contributed by atoms with E-state index in [0.717, 1.165) is 24.6 Å². The zero-order chi connectivity index (χ0) is 9.45. The molecule has 3 nitrogen and oxygen atoms in total. The third kappa shape index (κ3) is 3.81. The molecule has 0 aromatic heterocycles. The van der Waals surface area contributed by atoms with Gasteiger partial charge < -0.3 is 0 Å². The van der Waals surface area contributed by atoms with E-state index in [4.69, 9.17) is 15.3 Å². The molecule has 0 aliphatic heterocycles. The van der Waals surface area contributed by atoms with Crippen LogP contribution in [0.4, 0.5) is 0 Å². The van der Waals surface area contributed by atoms with E-state index in [9.17, 15) is 0 Å². The van der Waals surface area contributed by atoms with Crippen LogP contribution in [0.25, 0.3) is 0 Å². The summed E-state index contributed by atoms with van der Waals surface area (Å²) in [7, 11) is -1.52. The Morgan fingerprint density at radius 3 is 1.33 bits per heavy atom. The van der Waals surface area contributed by atoms with Crippen molar-refractivity contribution >= 4 is 7.26 Å². The summed E-state index contributed by atoms with van der Waals surface area (Å²) >= 11 is 0. The second-order valence-corrected chi connectivity index (χ2v) is 8.48. The summed E-state index contributed by atoms with van der Waals surface area (Å²) in [6.45, 7) is 2.67. The fraction of sp³-hybridized carbons (Fsp3) is 1.00. The normalized spacial score (nSPS) is 13.3. The molecule has 0 saturated carbocycles. The molecule has 0 amide bonds. The fourth-order valence-electron chi connectivity index (χ4n) is 1.62. The third-order valence-corrected chi connectivity index (χ3v) is 8.03. The average molecular weight is 196 g/mol. The van der Waals surface area contributed by atoms with Crippen molar-refractivity contribution in [2.45, 2.75) is 6.92 Å². The van der Waals surface area contributed by atoms with Crippen molar-refractivity contribution in [3.8, 4) is 0 Å². The molecule has 0 saturated heterocycles. The Balaban J connectivity index is 4.06. The van der Waals surface area contributed by atoms with Gasteiger partial charge in [0.05, 0.1) is 0 Å². The summed E-state index contributed by atoms with van der Waals surface area (Å²) in [4.78, 5) is 0. The SMILES string of the molecule is CC[PH](CCO)(CCO)CCO. The number of aliphatic hydroxyl groups excluding tert-OH is 3. The van der Waals surface area contributed by atoms with Crippen LogP contribution in [-0.4, -0.2) is 59.8 Å². The van der Waals surface area contributed by atoms with E-state index in [0.29, 0.717) is 0 Å². The topological polar surface area (TPSA) is 60.7 Å². The Labute approximate surface area is 74.8 Å². The van der Waals surface area contributed by atoms with Gasteiger partial charge in [0.25, 0.3) is 0 Å². The number of hydrogen-bond acceptors (Lipinski definition) is 3. The minimum absolute atomic E-state index is 0.195. The minimum atomic E-state index is -1.52. The zero-order valence-corrected chi connectivity index (χ0v) is 8.79. The summed E-state index contributed by atoms with van der Waals surface area (Å²) in [6, 6.07) is 0. The maximum atomic E-state index is 8.86. The van der Waals surface area contributed by atoms with Crippen molar-refractivity contribution < 1.29 is 15.3 Å². The van der Waals surface area contributed by atoms with Gasteiger partial charge in [-0.3, -0.25) is 0 Å². The van der Waals surface area contributed by atoms with Gasteiger partial charge in [0.1, 0.15) is 0 Å². The molecule has 0 bridgehead atoms. The predicted octanol–water partition coefficient (Wildman–Crippen LogP) is -0.267. The van der Waals surface area contributed by atoms with E-state index in [1.165, 1.54) is 0 Å². The molecular formula is C8H21O3P. The number of hydrogen-bond donors (Lipinski definition) is 3. The Hall–Kier alpha value is 0.310. The van der Waals surface area contributed by atoms with Gasteiger partial charge in [-0.25, -0.2) is 0 Å². The zero-order valence-electron chi connectivity index (χ0n) is 7.79. The first-order chi connectivity index (χ1) is 5.74. The Morgan fingerprint density at radius 2 is 1.17 bits per heavy atom. The van der Waals surface area contributed by atoms with Crippen LogP contribution in [0.5, 0.6) is 0 Å². The quantitative estimate of drug-likeness (QED) is 0.491. The predicted molar refractivity (Wildman–Crippen MR) is 54.7 cm³/mol. The molecule has 0 unspecified atom stereocenters. The monoisotopic (exact) mass is 196 g/mol. The van der Waals surface area contributed by atoms with E-state index >= 15 is 0 Å². The first kappa shape index (κ1) is 12.3. The number of aliphatic hydroxyl groups is 3. The summed E-state index contributed by atoms with van der Waals surface area (Å²) in [5.74, 6) is 0. The molecule has 0 aromatic carbocycles. The van der Waals surface area contributed by atoms with Crippen LogP contribution in [0.3, 0.4) is 0 Å². The molecule has 4 heteroatoms. The van der Waals surface area contributed by atoms with Gasteiger partial charge in [0.15, 0.2) is 0 Å². The molecule has 0 fully saturated rings. The molecule has 0 spiro atoms. The molecule has 0 radical (unpaired) electrons. The molecule has 0 rings (SSSR count). The molecule has 0 aliphatic rings. The molecule has 0 atom stereocenters. The Kier molecular flexibility index (Phi) is 6.96. The number of rotatable bonds is 7. The summed E-state index contributed by atoms with van der Waals surface area (Å²) in [5.41, 5.74) is 0. The van der Waals surface area contributed by atoms with Crippen molar-refractivity contribution in [1.82, 2.24) is 0 Å². The summed E-state index contributed by atoms with van der Waals surface area (Å²) in [5, 5.41) is 26.6. The molecule has 12 heavy (non-hydrogen) atoms. The molecule has 0 aromatic rings. The molecule has 76 valence electrons. The second-order valence-electron chi connectivity index (χ2n) is 3.27. The molecule has 0 heterocycles. The van der Waals surface area contributed by atoms with Gasteiger partial charge in [-0.15, -0.1) is 0 Å². The first-order valence-corrected chi connectivity index (χ1v) is 7.40. The van der Waals surface area contributed by atoms with Gasteiger partial charge in [0.2, 0.25) is 0 Å². The Bertz CT molecular complexity index is 91.5. The molecule has 3 N–H and O–H groups in total. The van der Waals surface area contributed by atoms with Crippen LogP contribution in [-0.2, 0) is 0 Å². The van der Waals surface area contributed by atoms with E-state index in [1.54, 1.807) is 0 Å². The van der Waals surface area contributed by atoms with Gasteiger partial charge >= 0.3 is 74.0 Å². The second kappa shape index (κ2) is 6.79. The van der Waals surface area contributed by atoms with Crippen molar-refractivity contribution in [2.75, 3.05) is 44.5 Å². The van der Waals surface area contributed by atoms with E-state index in [1.807, 2.05) is 0 Å². The van der Waals surface area contributed by atoms with Crippen molar-refractivity contribution in [1.29, 1.82) is 0 Å². The van der Waals surface area contributed by atoms with Crippen LogP contribution >= 0.6 is 7.26 Å². The van der Waals surface area contributed by atoms with Crippen LogP contribution in [0.15, 0.2) is 0 Å². The molecular weight excluding hydrogens is 175 g/mol. The van der Waals surface area contributed by atoms with Crippen molar-refractivity contribution in [3.63, 3.8) is 0 Å². The first-order valence-electron chi connectivity index (χ1n) is 4.57. The van der Waals surface area contributed by atoms with Gasteiger partial charge in [-0.05, 0) is 0 Å². The van der Waals surface area contributed by atoms with Gasteiger partial charge in [-0.1, -0.05) is 0 Å². The van der Waals surface area contributed by atoms with Gasteiger partial charge in [0, 0.05) is 0 Å². The molecule has 0 aliphatic carbocycles. The standard InChI is InChI=1S/C8H21O3P/c1-2-12(6-3-9,7-4-10)8-5-11/h9-12H,2-8H2,1H3. The van der Waals surface area contributed by atoms with Gasteiger partial charge in [-0.2, -0.15) is 0 Å². The summed E-state index contributed by atoms with van der Waals surface area (Å²) < 4.78 is 0. The van der Waals surface area contributed by atoms with E-state index in [2.05, 4.69) is 6.92 Å². The fourth-order valence-corrected chi connectivity index (χ4v) is 4.85.